The highest BCUT2D eigenvalue weighted by molar-refractivity contribution is 5.82. The van der Waals surface area contributed by atoms with Crippen LogP contribution in [0.15, 0.2) is 0 Å². The van der Waals surface area contributed by atoms with Gasteiger partial charge in [-0.05, 0) is 6.42 Å². The molecule has 0 rings (SSSR count). The first-order chi connectivity index (χ1) is 6.77. The highest BCUT2D eigenvalue weighted by Gasteiger charge is 1.95. The van der Waals surface area contributed by atoms with Gasteiger partial charge in [-0.15, -0.1) is 0 Å². The lowest BCUT2D eigenvalue weighted by atomic mass is 10.1. The zero-order valence-corrected chi connectivity index (χ0v) is 9.43. The van der Waals surface area contributed by atoms with Crippen molar-refractivity contribution in [1.29, 1.82) is 0 Å². The van der Waals surface area contributed by atoms with Crippen molar-refractivity contribution in [2.45, 2.75) is 64.7 Å². The minimum absolute atomic E-state index is 0.284. The van der Waals surface area contributed by atoms with Crippen LogP contribution in [0.1, 0.15) is 64.7 Å². The Kier molecular flexibility index (Phi) is 10.2. The first-order valence-corrected chi connectivity index (χ1v) is 5.90. The molecule has 0 saturated carbocycles. The van der Waals surface area contributed by atoms with Crippen molar-refractivity contribution in [1.82, 2.24) is 0 Å². The predicted molar refractivity (Wildman–Crippen MR) is 60.7 cm³/mol. The number of amides is 1. The Morgan fingerprint density at radius 1 is 1.00 bits per heavy atom. The number of carbonyl (C=O) groups excluding carboxylic acids is 1. The summed E-state index contributed by atoms with van der Waals surface area (Å²) in [5, 5.41) is 0. The second-order valence-electron chi connectivity index (χ2n) is 3.87. The van der Waals surface area contributed by atoms with Crippen LogP contribution in [0.4, 0.5) is 0 Å². The molecule has 0 atom stereocenters. The maximum Gasteiger partial charge on any atom is 0.221 e. The van der Waals surface area contributed by atoms with Crippen molar-refractivity contribution in [3.05, 3.63) is 6.42 Å². The minimum atomic E-state index is -0.284. The van der Waals surface area contributed by atoms with E-state index < -0.39 is 0 Å². The highest BCUT2D eigenvalue weighted by atomic mass is 16.1. The lowest BCUT2D eigenvalue weighted by Crippen LogP contribution is -2.10. The van der Waals surface area contributed by atoms with Crippen molar-refractivity contribution < 1.29 is 4.79 Å². The Balaban J connectivity index is 2.88. The van der Waals surface area contributed by atoms with E-state index in [1.54, 1.807) is 6.42 Å². The third kappa shape index (κ3) is 11.5. The summed E-state index contributed by atoms with van der Waals surface area (Å²) in [7, 11) is 0. The number of unbranched alkanes of at least 4 members (excludes halogenated alkanes) is 8. The number of rotatable bonds is 10. The van der Waals surface area contributed by atoms with E-state index in [1.807, 2.05) is 0 Å². The number of nitrogens with two attached hydrogens (primary N) is 1. The van der Waals surface area contributed by atoms with Gasteiger partial charge in [0.2, 0.25) is 5.91 Å². The molecule has 14 heavy (non-hydrogen) atoms. The highest BCUT2D eigenvalue weighted by Crippen LogP contribution is 2.09. The summed E-state index contributed by atoms with van der Waals surface area (Å²) < 4.78 is 0. The lowest BCUT2D eigenvalue weighted by Gasteiger charge is -2.00. The molecule has 0 aromatic rings. The average Bonchev–Trinajstić information content (AvgIpc) is 2.15. The standard InChI is InChI=1S/C12H24NO/c1-2-3-4-5-6-7-8-9-10-11-12(13)14/h11H,2-10H2,1H3,(H2,13,14). The van der Waals surface area contributed by atoms with Crippen LogP contribution in [-0.4, -0.2) is 5.91 Å². The summed E-state index contributed by atoms with van der Waals surface area (Å²) in [6, 6.07) is 0. The molecule has 0 aliphatic carbocycles. The summed E-state index contributed by atoms with van der Waals surface area (Å²) in [4.78, 5) is 10.4. The minimum Gasteiger partial charge on any atom is -0.369 e. The number of carbonyl (C=O) groups is 1. The first-order valence-electron chi connectivity index (χ1n) is 5.90. The maximum atomic E-state index is 10.4. The van der Waals surface area contributed by atoms with Gasteiger partial charge >= 0.3 is 0 Å². The molecule has 0 heterocycles. The van der Waals surface area contributed by atoms with Gasteiger partial charge in [0, 0.05) is 6.42 Å². The molecule has 0 bridgehead atoms. The van der Waals surface area contributed by atoms with Crippen LogP contribution in [-0.2, 0) is 4.79 Å². The second-order valence-corrected chi connectivity index (χ2v) is 3.87. The van der Waals surface area contributed by atoms with Crippen molar-refractivity contribution in [2.75, 3.05) is 0 Å². The SMILES string of the molecule is CCCCCCCCCC[CH]C(N)=O. The third-order valence-electron chi connectivity index (χ3n) is 2.40. The third-order valence-corrected chi connectivity index (χ3v) is 2.40. The van der Waals surface area contributed by atoms with Crippen LogP contribution in [0.2, 0.25) is 0 Å². The summed E-state index contributed by atoms with van der Waals surface area (Å²) >= 11 is 0. The number of hydrogen-bond acceptors (Lipinski definition) is 1. The van der Waals surface area contributed by atoms with Crippen molar-refractivity contribution >= 4 is 5.91 Å². The normalized spacial score (nSPS) is 10.4. The molecule has 0 saturated heterocycles. The average molecular weight is 198 g/mol. The van der Waals surface area contributed by atoms with Gasteiger partial charge in [0.05, 0.1) is 0 Å². The van der Waals surface area contributed by atoms with Gasteiger partial charge in [-0.25, -0.2) is 0 Å². The fraction of sp³-hybridized carbons (Fsp3) is 0.833. The molecule has 0 aliphatic rings. The number of primary amides is 1. The fourth-order valence-corrected chi connectivity index (χ4v) is 1.52. The number of hydrogen-bond donors (Lipinski definition) is 1. The Bertz CT molecular complexity index is 134. The van der Waals surface area contributed by atoms with Crippen molar-refractivity contribution in [3.8, 4) is 0 Å². The summed E-state index contributed by atoms with van der Waals surface area (Å²) in [6.45, 7) is 2.24. The van der Waals surface area contributed by atoms with E-state index in [9.17, 15) is 4.79 Å². The maximum absolute atomic E-state index is 10.4. The zero-order chi connectivity index (χ0) is 10.6. The largest absolute Gasteiger partial charge is 0.369 e. The van der Waals surface area contributed by atoms with Crippen molar-refractivity contribution in [2.24, 2.45) is 5.73 Å². The quantitative estimate of drug-likeness (QED) is 0.538. The van der Waals surface area contributed by atoms with Crippen LogP contribution >= 0.6 is 0 Å². The van der Waals surface area contributed by atoms with Gasteiger partial charge in [0.15, 0.2) is 0 Å². The Hall–Kier alpha value is -0.530. The summed E-state index contributed by atoms with van der Waals surface area (Å²) in [5.74, 6) is -0.284. The second kappa shape index (κ2) is 10.6. The van der Waals surface area contributed by atoms with E-state index >= 15 is 0 Å². The molecule has 0 unspecified atom stereocenters. The smallest absolute Gasteiger partial charge is 0.221 e. The van der Waals surface area contributed by atoms with Gasteiger partial charge in [-0.2, -0.15) is 0 Å². The van der Waals surface area contributed by atoms with E-state index in [-0.39, 0.29) is 5.91 Å². The van der Waals surface area contributed by atoms with Crippen LogP contribution in [0, 0.1) is 6.42 Å². The van der Waals surface area contributed by atoms with Crippen LogP contribution in [0.3, 0.4) is 0 Å². The molecule has 0 aromatic carbocycles. The van der Waals surface area contributed by atoms with Crippen LogP contribution in [0.5, 0.6) is 0 Å². The van der Waals surface area contributed by atoms with Gasteiger partial charge < -0.3 is 5.73 Å². The molecule has 0 aromatic heterocycles. The lowest BCUT2D eigenvalue weighted by molar-refractivity contribution is -0.115. The van der Waals surface area contributed by atoms with Gasteiger partial charge in [-0.1, -0.05) is 58.3 Å². The molecule has 0 aliphatic heterocycles. The first kappa shape index (κ1) is 13.5. The van der Waals surface area contributed by atoms with Crippen molar-refractivity contribution in [3.63, 3.8) is 0 Å². The molecule has 1 amide bonds. The molecule has 0 fully saturated rings. The zero-order valence-electron chi connectivity index (χ0n) is 9.43. The van der Waals surface area contributed by atoms with E-state index in [1.165, 1.54) is 44.9 Å². The van der Waals surface area contributed by atoms with Crippen LogP contribution in [0.25, 0.3) is 0 Å². The molecule has 0 spiro atoms. The van der Waals surface area contributed by atoms with E-state index in [0.717, 1.165) is 12.8 Å². The topological polar surface area (TPSA) is 43.1 Å². The Morgan fingerprint density at radius 3 is 2.00 bits per heavy atom. The van der Waals surface area contributed by atoms with Gasteiger partial charge in [0.1, 0.15) is 0 Å². The Morgan fingerprint density at radius 2 is 1.50 bits per heavy atom. The molecule has 2 nitrogen and oxygen atoms in total. The Labute approximate surface area is 88.3 Å². The molecular formula is C12H24NO. The molecular weight excluding hydrogens is 174 g/mol. The monoisotopic (exact) mass is 198 g/mol. The summed E-state index contributed by atoms with van der Waals surface area (Å²) in [5.41, 5.74) is 4.99. The molecule has 83 valence electrons. The molecule has 1 radical (unpaired) electrons. The van der Waals surface area contributed by atoms with Gasteiger partial charge in [0.25, 0.3) is 0 Å². The van der Waals surface area contributed by atoms with E-state index in [0.29, 0.717) is 0 Å². The van der Waals surface area contributed by atoms with E-state index in [2.05, 4.69) is 6.92 Å². The fourth-order valence-electron chi connectivity index (χ4n) is 1.52. The van der Waals surface area contributed by atoms with E-state index in [4.69, 9.17) is 5.73 Å². The van der Waals surface area contributed by atoms with Crippen LogP contribution < -0.4 is 5.73 Å². The molecule has 2 heteroatoms. The molecule has 2 N–H and O–H groups in total. The predicted octanol–water partition coefficient (Wildman–Crippen LogP) is 3.21. The summed E-state index contributed by atoms with van der Waals surface area (Å²) in [6.07, 6.45) is 12.8. The van der Waals surface area contributed by atoms with Gasteiger partial charge in [-0.3, -0.25) is 4.79 Å².